The van der Waals surface area contributed by atoms with E-state index in [1.54, 1.807) is 116 Å². The molecule has 3 aromatic heterocycles. The van der Waals surface area contributed by atoms with Crippen LogP contribution in [0, 0.1) is 0 Å². The van der Waals surface area contributed by atoms with Gasteiger partial charge in [-0.05, 0) is 164 Å². The summed E-state index contributed by atoms with van der Waals surface area (Å²) in [7, 11) is -9.80. The van der Waals surface area contributed by atoms with Gasteiger partial charge in [0.15, 0.2) is 29.5 Å². The maximum Gasteiger partial charge on any atom is 0.255 e. The Hall–Kier alpha value is -9.07. The Kier molecular flexibility index (Phi) is 24.2. The molecule has 6 N–H and O–H groups in total. The number of likely N-dealkylation sites (tertiary alicyclic amines) is 1. The molecule has 20 nitrogen and oxygen atoms in total. The van der Waals surface area contributed by atoms with E-state index in [0.29, 0.717) is 106 Å². The van der Waals surface area contributed by atoms with Crippen LogP contribution in [0.4, 0.5) is 28.4 Å². The zero-order chi connectivity index (χ0) is 67.7. The predicted octanol–water partition coefficient (Wildman–Crippen LogP) is 12.6. The van der Waals surface area contributed by atoms with Crippen LogP contribution in [0.25, 0.3) is 33.8 Å². The van der Waals surface area contributed by atoms with E-state index in [9.17, 15) is 44.4 Å². The van der Waals surface area contributed by atoms with Crippen molar-refractivity contribution in [1.29, 1.82) is 0 Å². The monoisotopic (exact) mass is 1390 g/mol. The first-order valence-corrected chi connectivity index (χ1v) is 36.3. The van der Waals surface area contributed by atoms with E-state index in [2.05, 4.69) is 41.1 Å². The zero-order valence-electron chi connectivity index (χ0n) is 51.4. The third-order valence-electron chi connectivity index (χ3n) is 14.0. The lowest BCUT2D eigenvalue weighted by Crippen LogP contribution is -2.25. The molecule has 6 aromatic carbocycles. The molecule has 0 saturated carbocycles. The molecule has 488 valence electrons. The van der Waals surface area contributed by atoms with Crippen molar-refractivity contribution in [2.45, 2.75) is 37.0 Å². The van der Waals surface area contributed by atoms with Crippen LogP contribution in [0.15, 0.2) is 182 Å². The van der Waals surface area contributed by atoms with Crippen LogP contribution in [0.5, 0.6) is 5.75 Å². The highest BCUT2D eigenvalue weighted by molar-refractivity contribution is 7.90. The van der Waals surface area contributed by atoms with Crippen molar-refractivity contribution < 1.29 is 49.2 Å². The van der Waals surface area contributed by atoms with Gasteiger partial charge in [-0.2, -0.15) is 0 Å². The van der Waals surface area contributed by atoms with Gasteiger partial charge in [-0.25, -0.2) is 25.3 Å². The lowest BCUT2D eigenvalue weighted by molar-refractivity contribution is -0.114. The lowest BCUT2D eigenvalue weighted by atomic mass is 10.1. The number of rotatable bonds is 20. The minimum absolute atomic E-state index is 0.154. The first kappa shape index (κ1) is 70.8. The van der Waals surface area contributed by atoms with E-state index in [1.807, 2.05) is 42.5 Å². The van der Waals surface area contributed by atoms with Crippen LogP contribution in [0.2, 0.25) is 15.1 Å². The van der Waals surface area contributed by atoms with E-state index >= 15 is 0 Å². The number of sulfone groups is 3. The number of pyridine rings is 3. The number of anilines is 5. The number of amides is 4. The van der Waals surface area contributed by atoms with Crippen molar-refractivity contribution in [3.05, 3.63) is 231 Å². The number of halogens is 3. The van der Waals surface area contributed by atoms with Gasteiger partial charge in [0.25, 0.3) is 17.7 Å². The molecule has 0 atom stereocenters. The van der Waals surface area contributed by atoms with Crippen molar-refractivity contribution in [3.8, 4) is 39.5 Å². The fourth-order valence-electron chi connectivity index (χ4n) is 9.68. The van der Waals surface area contributed by atoms with Crippen LogP contribution >= 0.6 is 34.8 Å². The van der Waals surface area contributed by atoms with E-state index in [4.69, 9.17) is 45.3 Å². The summed E-state index contributed by atoms with van der Waals surface area (Å²) in [5.74, 6) is -1.68. The molecule has 0 unspecified atom stereocenters. The number of ether oxygens (including phenoxy) is 1. The number of benzene rings is 6. The lowest BCUT2D eigenvalue weighted by Gasteiger charge is -2.17. The Bertz CT molecular complexity index is 4590. The molecular weight excluding hydrogens is 1320 g/mol. The quantitative estimate of drug-likeness (QED) is 0.0443. The first-order chi connectivity index (χ1) is 44.6. The number of nitrogen functional groups attached to an aromatic ring is 1. The Balaban J connectivity index is 0.000000182. The van der Waals surface area contributed by atoms with E-state index in [1.165, 1.54) is 50.3 Å². The van der Waals surface area contributed by atoms with Crippen molar-refractivity contribution in [2.24, 2.45) is 0 Å². The largest absolute Gasteiger partial charge is 0.492 e. The molecule has 0 bridgehead atoms. The van der Waals surface area contributed by atoms with E-state index in [-0.39, 0.29) is 51.9 Å². The third kappa shape index (κ3) is 21.5. The smallest absolute Gasteiger partial charge is 0.255 e. The Morgan fingerprint density at radius 3 is 1.26 bits per heavy atom. The molecule has 4 amide bonds. The summed E-state index contributed by atoms with van der Waals surface area (Å²) in [5, 5.41) is 12.6. The molecule has 1 fully saturated rings. The SMILES string of the molecule is CC(=O)Nc1cc(C(=O)Nc2ccc(Cl)c(-c3ccccn3)c2)ccc1CS(C)(=O)=O.CS(=O)(=O)Cc1ccc(C(=O)Nc2ccc(Cl)c(-c3ccccn3)c2)cc1N.CS(=O)(=O)Cc1ccc(C(=O)Nc2ccc(Cl)c(-c3ccccn3)c2)cc1OCCN1CCCC1. The van der Waals surface area contributed by atoms with Crippen LogP contribution < -0.4 is 31.7 Å². The second kappa shape index (κ2) is 32.2. The molecule has 94 heavy (non-hydrogen) atoms. The third-order valence-corrected chi connectivity index (χ3v) is 17.5. The van der Waals surface area contributed by atoms with Crippen molar-refractivity contribution in [2.75, 3.05) is 72.0 Å². The molecule has 9 aromatic rings. The van der Waals surface area contributed by atoms with Crippen molar-refractivity contribution in [3.63, 3.8) is 0 Å². The summed E-state index contributed by atoms with van der Waals surface area (Å²) in [4.78, 5) is 65.1. The number of nitrogens with two attached hydrogens (primary N) is 1. The highest BCUT2D eigenvalue weighted by atomic mass is 35.5. The Morgan fingerprint density at radius 2 is 0.862 bits per heavy atom. The van der Waals surface area contributed by atoms with Crippen LogP contribution in [-0.4, -0.2) is 114 Å². The highest BCUT2D eigenvalue weighted by Crippen LogP contribution is 2.33. The summed E-state index contributed by atoms with van der Waals surface area (Å²) in [6.45, 7) is 4.58. The van der Waals surface area contributed by atoms with Gasteiger partial charge in [-0.1, -0.05) is 71.2 Å². The fraction of sp³-hybridized carbons (Fsp3) is 0.191. The van der Waals surface area contributed by atoms with Crippen molar-refractivity contribution in [1.82, 2.24) is 19.9 Å². The standard InChI is InChI=1S/C26H28ClN3O4S.C22H20ClN3O4S.C20H18ClN3O3S/c1-35(32,33)18-20-8-7-19(16-25(20)34-15-14-30-12-4-5-13-30)26(31)29-21-9-10-23(27)22(17-21)24-6-2-3-11-28-24;1-14(27)25-21-11-15(6-7-16(21)13-31(2,29)30)22(28)26-17-8-9-19(23)18(12-17)20-5-3-4-10-24-20;1-28(26,27)12-14-6-5-13(10-18(14)22)20(25)24-15-7-8-17(21)16(11-15)19-4-2-3-9-23-19/h2-3,6-11,16-17H,4-5,12-15,18H2,1H3,(H,29,31);3-12H,13H2,1-2H3,(H,25,27)(H,26,28);2-11H,12,22H2,1H3,(H,24,25). The predicted molar refractivity (Wildman–Crippen MR) is 373 cm³/mol. The molecular formula is C68H66Cl3N9O11S3. The Labute approximate surface area is 561 Å². The molecule has 10 rings (SSSR count). The topological polar surface area (TPSA) is 296 Å². The molecule has 0 aliphatic carbocycles. The van der Waals surface area contributed by atoms with Gasteiger partial charge in [0.1, 0.15) is 12.4 Å². The number of carbonyl (C=O) groups is 4. The maximum absolute atomic E-state index is 13.0. The highest BCUT2D eigenvalue weighted by Gasteiger charge is 2.20. The van der Waals surface area contributed by atoms with Crippen molar-refractivity contribution >= 4 is 116 Å². The molecule has 1 saturated heterocycles. The van der Waals surface area contributed by atoms with Gasteiger partial charge >= 0.3 is 0 Å². The van der Waals surface area contributed by atoms with Gasteiger partial charge in [-0.15, -0.1) is 0 Å². The van der Waals surface area contributed by atoms with E-state index < -0.39 is 35.4 Å². The van der Waals surface area contributed by atoms with Gasteiger partial charge < -0.3 is 31.7 Å². The summed E-state index contributed by atoms with van der Waals surface area (Å²) in [6.07, 6.45) is 10.8. The van der Waals surface area contributed by atoms with E-state index in [0.717, 1.165) is 32.1 Å². The summed E-state index contributed by atoms with van der Waals surface area (Å²) >= 11 is 18.9. The number of nitrogens with zero attached hydrogens (tertiary/aromatic N) is 4. The fourth-order valence-corrected chi connectivity index (χ4v) is 12.8. The number of hydrogen-bond acceptors (Lipinski definition) is 16. The first-order valence-electron chi connectivity index (χ1n) is 29.0. The normalized spacial score (nSPS) is 12.2. The minimum atomic E-state index is -3.32. The number of hydrogen-bond donors (Lipinski definition) is 5. The molecule has 1 aliphatic rings. The molecule has 26 heteroatoms. The zero-order valence-corrected chi connectivity index (χ0v) is 56.1. The van der Waals surface area contributed by atoms with Gasteiger partial charge in [0.05, 0.1) is 49.4 Å². The average Bonchev–Trinajstić information content (AvgIpc) is 1.14. The second-order valence-corrected chi connectivity index (χ2v) is 29.6. The summed E-state index contributed by atoms with van der Waals surface area (Å²) in [5.41, 5.74) is 14.5. The summed E-state index contributed by atoms with van der Waals surface area (Å²) in [6, 6.07) is 45.7. The van der Waals surface area contributed by atoms with Crippen LogP contribution in [0.3, 0.4) is 0 Å². The second-order valence-electron chi connectivity index (χ2n) is 22.0. The number of nitrogens with one attached hydrogen (secondary N) is 4. The molecule has 0 spiro atoms. The van der Waals surface area contributed by atoms with Crippen LogP contribution in [0.1, 0.15) is 67.5 Å². The molecule has 1 aliphatic heterocycles. The van der Waals surface area contributed by atoms with Crippen LogP contribution in [-0.2, 0) is 51.6 Å². The minimum Gasteiger partial charge on any atom is -0.492 e. The number of aromatic nitrogens is 3. The number of carbonyl (C=O) groups excluding carboxylic acids is 4. The average molecular weight is 1390 g/mol. The molecule has 0 radical (unpaired) electrons. The van der Waals surface area contributed by atoms with Gasteiger partial charge in [0.2, 0.25) is 5.91 Å². The van der Waals surface area contributed by atoms with Gasteiger partial charge in [0, 0.05) is 118 Å². The molecule has 4 heterocycles. The Morgan fingerprint density at radius 1 is 0.479 bits per heavy atom. The summed E-state index contributed by atoms with van der Waals surface area (Å²) < 4.78 is 76.0. The maximum atomic E-state index is 13.0. The van der Waals surface area contributed by atoms with Gasteiger partial charge in [-0.3, -0.25) is 39.0 Å².